The molecule has 6 heterocycles. The number of carbonyl (C=O) groups excluding carboxylic acids is 3. The van der Waals surface area contributed by atoms with Crippen molar-refractivity contribution in [1.82, 2.24) is 19.9 Å². The normalized spacial score (nSPS) is 40.4. The zero-order valence-corrected chi connectivity index (χ0v) is 49.1. The minimum atomic E-state index is -1.06. The Bertz CT molecular complexity index is 3220. The summed E-state index contributed by atoms with van der Waals surface area (Å²) < 4.78 is 14.3. The van der Waals surface area contributed by atoms with Crippen LogP contribution < -0.4 is 5.32 Å². The number of H-pyrrole nitrogens is 2. The zero-order valence-electron chi connectivity index (χ0n) is 49.1. The standard InChI is InChI=1S/C68H90N4O8/c1-61(2)60(80-61)49(75)32-62(3)18-14-40-34-71-55-45(47(37-73)42-28-41(38-12-10-9-11-13-38)29-43(30-42)68(78)22-26-79-27-23-68)35-72(56(40)55)36-46-51-53(62)48(74)33-65(51,6)64(5)19-16-50-63(4,21-25-69-8)59(77)52-44-17-24-70-54(44)39-15-20-67(52,31-39)66(50,7)58(64)57(46)76/h17,24,28-30,34-35,37-39,46-47,49-50,52,57-58,60,69-71,75-76,78H,9-16,18-23,25-27,31-33,36H2,1-8H3. The van der Waals surface area contributed by atoms with Gasteiger partial charge in [0.25, 0.3) is 0 Å². The van der Waals surface area contributed by atoms with Gasteiger partial charge in [0.05, 0.1) is 46.3 Å². The van der Waals surface area contributed by atoms with Crippen LogP contribution >= 0.6 is 0 Å². The third kappa shape index (κ3) is 7.16. The van der Waals surface area contributed by atoms with E-state index in [0.717, 1.165) is 115 Å². The molecule has 0 radical (unpaired) electrons. The van der Waals surface area contributed by atoms with Crippen LogP contribution in [0.5, 0.6) is 0 Å². The lowest BCUT2D eigenvalue weighted by molar-refractivity contribution is -0.267. The third-order valence-electron chi connectivity index (χ3n) is 25.8. The Labute approximate surface area is 473 Å². The van der Waals surface area contributed by atoms with Crippen LogP contribution in [0.3, 0.4) is 0 Å². The first kappa shape index (κ1) is 53.8. The van der Waals surface area contributed by atoms with Gasteiger partial charge in [0.1, 0.15) is 18.2 Å². The fourth-order valence-corrected chi connectivity index (χ4v) is 21.7. The number of hydrogen-bond acceptors (Lipinski definition) is 9. The molecule has 14 rings (SSSR count). The van der Waals surface area contributed by atoms with Crippen LogP contribution in [0, 0.1) is 50.2 Å². The zero-order chi connectivity index (χ0) is 55.9. The number of ketones is 2. The van der Waals surface area contributed by atoms with Crippen LogP contribution in [0.25, 0.3) is 11.0 Å². The number of aldehydes is 1. The van der Waals surface area contributed by atoms with Crippen molar-refractivity contribution in [2.45, 2.75) is 217 Å². The monoisotopic (exact) mass is 1090 g/mol. The van der Waals surface area contributed by atoms with E-state index < -0.39 is 67.7 Å². The number of carbonyl (C=O) groups is 3. The molecule has 3 aromatic heterocycles. The summed E-state index contributed by atoms with van der Waals surface area (Å²) in [5.41, 5.74) is 6.09. The number of ether oxygens (including phenoxy) is 2. The van der Waals surface area contributed by atoms with Gasteiger partial charge in [-0.3, -0.25) is 9.59 Å². The average molecular weight is 1090 g/mol. The van der Waals surface area contributed by atoms with Gasteiger partial charge in [0.15, 0.2) is 5.78 Å². The summed E-state index contributed by atoms with van der Waals surface area (Å²) in [6, 6.07) is 8.78. The van der Waals surface area contributed by atoms with Gasteiger partial charge >= 0.3 is 0 Å². The Morgan fingerprint density at radius 2 is 1.69 bits per heavy atom. The lowest BCUT2D eigenvalue weighted by Crippen LogP contribution is -2.74. The van der Waals surface area contributed by atoms with Crippen molar-refractivity contribution in [1.29, 1.82) is 0 Å². The molecule has 7 fully saturated rings. The number of aromatic nitrogens is 3. The second kappa shape index (κ2) is 18.2. The van der Waals surface area contributed by atoms with Crippen molar-refractivity contribution in [3.8, 4) is 0 Å². The van der Waals surface area contributed by atoms with E-state index in [1.807, 2.05) is 20.9 Å². The Morgan fingerprint density at radius 1 is 0.925 bits per heavy atom. The molecule has 4 aromatic rings. The lowest BCUT2D eigenvalue weighted by Gasteiger charge is -2.76. The van der Waals surface area contributed by atoms with Crippen LogP contribution in [-0.4, -0.2) is 98.4 Å². The van der Waals surface area contributed by atoms with Crippen molar-refractivity contribution in [2.75, 3.05) is 26.8 Å². The quantitative estimate of drug-likeness (QED) is 0.0629. The SMILES string of the molecule is CNCCC1(C)C(=O)C2c3cc[nH]c3C3CCC2(C3)C2(C)C1CCC1(C)C2C(O)C2Cn3cc(C(C=O)c4cc(C5CCCCC5)cc(C5(O)CCOCC5)c4)c4[nH]cc(c43)CCC(C)(CC(O)C3OC3(C)C)C3=C2C1(C)CC3=O. The highest BCUT2D eigenvalue weighted by molar-refractivity contribution is 6.02. The summed E-state index contributed by atoms with van der Waals surface area (Å²) in [5.74, 6) is -0.532. The Balaban J connectivity index is 0.965. The molecule has 2 saturated heterocycles. The molecule has 12 heteroatoms. The van der Waals surface area contributed by atoms with Crippen molar-refractivity contribution < 1.29 is 39.2 Å². The predicted molar refractivity (Wildman–Crippen MR) is 307 cm³/mol. The number of aliphatic hydroxyl groups excluding tert-OH is 2. The van der Waals surface area contributed by atoms with Gasteiger partial charge in [-0.1, -0.05) is 72.1 Å². The van der Waals surface area contributed by atoms with Gasteiger partial charge in [-0.15, -0.1) is 0 Å². The summed E-state index contributed by atoms with van der Waals surface area (Å²) in [6.07, 6.45) is 19.2. The van der Waals surface area contributed by atoms with Gasteiger partial charge in [0, 0.05) is 91.2 Å². The molecule has 3 aliphatic heterocycles. The molecule has 15 atom stereocenters. The van der Waals surface area contributed by atoms with E-state index in [4.69, 9.17) is 9.47 Å². The maximum absolute atomic E-state index is 16.0. The number of fused-ring (bicyclic) bond motifs is 8. The molecule has 430 valence electrons. The molecular weight excluding hydrogens is 1000 g/mol. The molecule has 6 N–H and O–H groups in total. The molecule has 1 spiro atoms. The van der Waals surface area contributed by atoms with Crippen LogP contribution in [0.1, 0.15) is 214 Å². The van der Waals surface area contributed by atoms with Crippen LogP contribution in [0.4, 0.5) is 0 Å². The predicted octanol–water partition coefficient (Wildman–Crippen LogP) is 11.1. The van der Waals surface area contributed by atoms with E-state index in [1.165, 1.54) is 23.2 Å². The highest BCUT2D eigenvalue weighted by Gasteiger charge is 2.80. The van der Waals surface area contributed by atoms with Crippen molar-refractivity contribution in [3.63, 3.8) is 0 Å². The van der Waals surface area contributed by atoms with E-state index in [9.17, 15) is 20.1 Å². The number of nitrogens with one attached hydrogen (secondary N) is 3. The third-order valence-corrected chi connectivity index (χ3v) is 25.8. The van der Waals surface area contributed by atoms with Crippen LogP contribution in [-0.2, 0) is 42.4 Å². The van der Waals surface area contributed by atoms with Gasteiger partial charge in [0.2, 0.25) is 0 Å². The second-order valence-electron chi connectivity index (χ2n) is 29.8. The largest absolute Gasteiger partial charge is 0.392 e. The second-order valence-corrected chi connectivity index (χ2v) is 29.8. The minimum Gasteiger partial charge on any atom is -0.392 e. The van der Waals surface area contributed by atoms with Gasteiger partial charge in [-0.05, 0) is 183 Å². The van der Waals surface area contributed by atoms with Gasteiger partial charge < -0.3 is 49.4 Å². The summed E-state index contributed by atoms with van der Waals surface area (Å²) in [7, 11) is 1.99. The molecule has 0 amide bonds. The van der Waals surface area contributed by atoms with Crippen molar-refractivity contribution >= 4 is 28.9 Å². The van der Waals surface area contributed by atoms with Crippen LogP contribution in [0.2, 0.25) is 0 Å². The molecule has 7 aliphatic carbocycles. The van der Waals surface area contributed by atoms with Crippen molar-refractivity contribution in [3.05, 3.63) is 93.1 Å². The van der Waals surface area contributed by atoms with E-state index >= 15 is 9.59 Å². The molecular formula is C68H90N4O8. The van der Waals surface area contributed by atoms with Gasteiger partial charge in [-0.2, -0.15) is 0 Å². The van der Waals surface area contributed by atoms with E-state index in [2.05, 4.69) is 97.3 Å². The van der Waals surface area contributed by atoms with Crippen molar-refractivity contribution in [2.24, 2.45) is 50.2 Å². The van der Waals surface area contributed by atoms with E-state index in [0.29, 0.717) is 82.3 Å². The highest BCUT2D eigenvalue weighted by atomic mass is 16.6. The summed E-state index contributed by atoms with van der Waals surface area (Å²) in [6.45, 7) is 18.0. The molecule has 10 aliphatic rings. The number of hydrogen-bond donors (Lipinski definition) is 6. The molecule has 5 saturated carbocycles. The smallest absolute Gasteiger partial charge is 0.160 e. The van der Waals surface area contributed by atoms with E-state index in [1.54, 1.807) is 0 Å². The highest BCUT2D eigenvalue weighted by Crippen LogP contribution is 2.83. The summed E-state index contributed by atoms with van der Waals surface area (Å²) in [5, 5.41) is 42.7. The number of allylic oxidation sites excluding steroid dienone is 1. The number of aryl methyl sites for hydroxylation is 1. The number of aromatic amines is 2. The molecule has 2 bridgehead atoms. The Kier molecular flexibility index (Phi) is 12.2. The number of aliphatic hydroxyl groups is 3. The first-order chi connectivity index (χ1) is 38.1. The van der Waals surface area contributed by atoms with E-state index in [-0.39, 0.29) is 29.6 Å². The first-order valence-corrected chi connectivity index (χ1v) is 31.4. The topological polar surface area (TPSA) is 182 Å². The first-order valence-electron chi connectivity index (χ1n) is 31.4. The average Bonchev–Trinajstić information content (AvgIpc) is 2.50. The molecule has 12 nitrogen and oxygen atoms in total. The number of nitrogens with zero attached hydrogens (tertiary/aromatic N) is 1. The maximum Gasteiger partial charge on any atom is 0.160 e. The summed E-state index contributed by atoms with van der Waals surface area (Å²) in [4.78, 5) is 53.5. The molecule has 1 aromatic carbocycles. The number of rotatable bonds is 11. The van der Waals surface area contributed by atoms with Gasteiger partial charge in [-0.25, -0.2) is 0 Å². The number of epoxide rings is 1. The van der Waals surface area contributed by atoms with Crippen LogP contribution in [0.15, 0.2) is 54.0 Å². The fraction of sp³-hybridized carbons (Fsp3) is 0.691. The summed E-state index contributed by atoms with van der Waals surface area (Å²) >= 11 is 0. The Morgan fingerprint density at radius 3 is 2.41 bits per heavy atom. The fourth-order valence-electron chi connectivity index (χ4n) is 21.7. The maximum atomic E-state index is 16.0. The number of benzene rings is 1. The Hall–Kier alpha value is -4.17. The number of Topliss-reactive ketones (excluding diaryl/α,β-unsaturated/α-hetero) is 2. The molecule has 15 unspecified atom stereocenters. The molecule has 80 heavy (non-hydrogen) atoms. The lowest BCUT2D eigenvalue weighted by atomic mass is 9.28. The minimum absolute atomic E-state index is 0.00888.